The van der Waals surface area contributed by atoms with Crippen molar-refractivity contribution in [3.05, 3.63) is 74.1 Å². The number of thioether (sulfide) groups is 1. The smallest absolute Gasteiger partial charge is 0.301 e. The third-order valence-corrected chi connectivity index (χ3v) is 4.97. The zero-order valence-electron chi connectivity index (χ0n) is 12.7. The van der Waals surface area contributed by atoms with Crippen molar-refractivity contribution in [2.24, 2.45) is 0 Å². The Morgan fingerprint density at radius 2 is 1.92 bits per heavy atom. The van der Waals surface area contributed by atoms with E-state index in [2.05, 4.69) is 15.0 Å². The number of rotatable bonds is 5. The second-order valence-corrected chi connectivity index (χ2v) is 7.02. The maximum Gasteiger partial charge on any atom is 0.433 e. The molecule has 2 aromatic heterocycles. The minimum Gasteiger partial charge on any atom is -0.301 e. The molecule has 0 spiro atoms. The lowest BCUT2D eigenvalue weighted by molar-refractivity contribution is -0.141. The van der Waals surface area contributed by atoms with Crippen molar-refractivity contribution in [3.63, 3.8) is 0 Å². The first kappa shape index (κ1) is 17.7. The van der Waals surface area contributed by atoms with Crippen LogP contribution in [0.25, 0.3) is 0 Å². The van der Waals surface area contributed by atoms with E-state index in [0.29, 0.717) is 18.2 Å². The molecule has 1 aromatic carbocycles. The van der Waals surface area contributed by atoms with E-state index >= 15 is 0 Å². The molecule has 0 unspecified atom stereocenters. The summed E-state index contributed by atoms with van der Waals surface area (Å²) in [6.07, 6.45) is -3.94. The highest BCUT2D eigenvalue weighted by Crippen LogP contribution is 2.28. The largest absolute Gasteiger partial charge is 0.433 e. The van der Waals surface area contributed by atoms with Crippen LogP contribution in [0.2, 0.25) is 0 Å². The van der Waals surface area contributed by atoms with Gasteiger partial charge in [0.15, 0.2) is 10.9 Å². The van der Waals surface area contributed by atoms with E-state index in [1.54, 1.807) is 0 Å². The first-order valence-electron chi connectivity index (χ1n) is 7.19. The number of aromatic amines is 1. The van der Waals surface area contributed by atoms with E-state index in [-0.39, 0.29) is 5.16 Å². The number of H-pyrrole nitrogens is 1. The first-order valence-corrected chi connectivity index (χ1v) is 9.05. The Bertz CT molecular complexity index is 907. The number of hydrogen-bond acceptors (Lipinski definition) is 5. The minimum absolute atomic E-state index is 0.0718. The van der Waals surface area contributed by atoms with Gasteiger partial charge in [-0.1, -0.05) is 42.1 Å². The van der Waals surface area contributed by atoms with Gasteiger partial charge in [0.2, 0.25) is 0 Å². The van der Waals surface area contributed by atoms with Crippen molar-refractivity contribution in [2.75, 3.05) is 0 Å². The number of nitrogens with zero attached hydrogens (tertiary/aromatic N) is 2. The second-order valence-electron chi connectivity index (χ2n) is 5.12. The van der Waals surface area contributed by atoms with Crippen LogP contribution < -0.4 is 5.56 Å². The van der Waals surface area contributed by atoms with E-state index in [4.69, 9.17) is 0 Å². The Morgan fingerprint density at radius 1 is 1.16 bits per heavy atom. The molecule has 0 fully saturated rings. The molecule has 0 aliphatic heterocycles. The molecule has 0 aliphatic carbocycles. The van der Waals surface area contributed by atoms with Gasteiger partial charge in [0.1, 0.15) is 0 Å². The van der Waals surface area contributed by atoms with Crippen LogP contribution in [-0.4, -0.2) is 15.0 Å². The highest BCUT2D eigenvalue weighted by molar-refractivity contribution is 7.98. The molecule has 25 heavy (non-hydrogen) atoms. The first-order chi connectivity index (χ1) is 11.9. The van der Waals surface area contributed by atoms with E-state index in [1.165, 1.54) is 11.3 Å². The van der Waals surface area contributed by atoms with Gasteiger partial charge >= 0.3 is 6.18 Å². The van der Waals surface area contributed by atoms with Crippen LogP contribution in [0, 0.1) is 0 Å². The van der Waals surface area contributed by atoms with Gasteiger partial charge in [-0.2, -0.15) is 13.2 Å². The number of benzene rings is 1. The third-order valence-electron chi connectivity index (χ3n) is 3.16. The van der Waals surface area contributed by atoms with Gasteiger partial charge in [-0.15, -0.1) is 11.3 Å². The van der Waals surface area contributed by atoms with Crippen molar-refractivity contribution >= 4 is 23.1 Å². The summed E-state index contributed by atoms with van der Waals surface area (Å²) >= 11 is 2.51. The maximum atomic E-state index is 12.7. The van der Waals surface area contributed by atoms with Gasteiger partial charge in [-0.25, -0.2) is 9.97 Å². The van der Waals surface area contributed by atoms with E-state index in [1.807, 2.05) is 35.7 Å². The molecule has 3 rings (SSSR count). The molecule has 9 heteroatoms. The topological polar surface area (TPSA) is 58.6 Å². The summed E-state index contributed by atoms with van der Waals surface area (Å²) in [5.74, 6) is 0.329. The molecule has 4 nitrogen and oxygen atoms in total. The Kier molecular flexibility index (Phi) is 5.24. The standard InChI is InChI=1S/C16H12F3N3OS2/c17-16(18,19)12-7-13(23)22-15(21-12)25-9-11-8-24-14(20-11)6-10-4-2-1-3-5-10/h1-5,7-8H,6,9H2,(H,21,22,23). The number of aromatic nitrogens is 3. The highest BCUT2D eigenvalue weighted by atomic mass is 32.2. The summed E-state index contributed by atoms with van der Waals surface area (Å²) in [4.78, 5) is 21.6. The van der Waals surface area contributed by atoms with Crippen molar-refractivity contribution in [3.8, 4) is 0 Å². The highest BCUT2D eigenvalue weighted by Gasteiger charge is 2.33. The Morgan fingerprint density at radius 3 is 2.64 bits per heavy atom. The number of thiazole rings is 1. The lowest BCUT2D eigenvalue weighted by Crippen LogP contribution is -2.16. The molecule has 0 aliphatic rings. The second kappa shape index (κ2) is 7.40. The molecule has 3 aromatic rings. The fourth-order valence-corrected chi connectivity index (χ4v) is 3.76. The Hall–Kier alpha value is -2.13. The lowest BCUT2D eigenvalue weighted by Gasteiger charge is -2.06. The van der Waals surface area contributed by atoms with Crippen molar-refractivity contribution in [2.45, 2.75) is 23.5 Å². The molecule has 0 bridgehead atoms. The predicted octanol–water partition coefficient (Wildman–Crippen LogP) is 4.13. The van der Waals surface area contributed by atoms with Gasteiger partial charge in [0.25, 0.3) is 5.56 Å². The van der Waals surface area contributed by atoms with Crippen LogP contribution in [0.3, 0.4) is 0 Å². The van der Waals surface area contributed by atoms with E-state index in [0.717, 1.165) is 28.0 Å². The molecule has 1 N–H and O–H groups in total. The third kappa shape index (κ3) is 4.93. The average molecular weight is 383 g/mol. The van der Waals surface area contributed by atoms with E-state index < -0.39 is 17.4 Å². The quantitative estimate of drug-likeness (QED) is 0.532. The van der Waals surface area contributed by atoms with Crippen molar-refractivity contribution in [1.29, 1.82) is 0 Å². The summed E-state index contributed by atoms with van der Waals surface area (Å²) in [6, 6.07) is 10.3. The minimum atomic E-state index is -4.65. The normalized spacial score (nSPS) is 11.6. The van der Waals surface area contributed by atoms with Crippen molar-refractivity contribution < 1.29 is 13.2 Å². The van der Waals surface area contributed by atoms with Crippen LogP contribution in [0.15, 0.2) is 51.7 Å². The van der Waals surface area contributed by atoms with E-state index in [9.17, 15) is 18.0 Å². The SMILES string of the molecule is O=c1cc(C(F)(F)F)nc(SCc2csc(Cc3ccccc3)n2)[nH]1. The van der Waals surface area contributed by atoms with Crippen LogP contribution in [0.1, 0.15) is 22.0 Å². The molecule has 0 saturated carbocycles. The lowest BCUT2D eigenvalue weighted by atomic mass is 10.2. The van der Waals surface area contributed by atoms with Crippen LogP contribution in [0.4, 0.5) is 13.2 Å². The average Bonchev–Trinajstić information content (AvgIpc) is 3.00. The number of halogens is 3. The van der Waals surface area contributed by atoms with Gasteiger partial charge in [0.05, 0.1) is 10.7 Å². The summed E-state index contributed by atoms with van der Waals surface area (Å²) in [5.41, 5.74) is -0.143. The van der Waals surface area contributed by atoms with Gasteiger partial charge in [-0.05, 0) is 5.56 Å². The zero-order valence-corrected chi connectivity index (χ0v) is 14.3. The number of alkyl halides is 3. The number of nitrogens with one attached hydrogen (secondary N) is 1. The van der Waals surface area contributed by atoms with Gasteiger partial charge in [0, 0.05) is 23.6 Å². The van der Waals surface area contributed by atoms with Gasteiger partial charge < -0.3 is 4.98 Å². The fraction of sp³-hybridized carbons (Fsp3) is 0.188. The molecule has 0 amide bonds. The molecule has 0 radical (unpaired) electrons. The maximum absolute atomic E-state index is 12.7. The van der Waals surface area contributed by atoms with Gasteiger partial charge in [-0.3, -0.25) is 4.79 Å². The fourth-order valence-electron chi connectivity index (χ4n) is 2.06. The Balaban J connectivity index is 1.66. The van der Waals surface area contributed by atoms with Crippen LogP contribution in [0.5, 0.6) is 0 Å². The summed E-state index contributed by atoms with van der Waals surface area (Å²) in [7, 11) is 0. The summed E-state index contributed by atoms with van der Waals surface area (Å²) < 4.78 is 38.1. The van der Waals surface area contributed by atoms with Crippen molar-refractivity contribution in [1.82, 2.24) is 15.0 Å². The molecular formula is C16H12F3N3OS2. The molecule has 0 atom stereocenters. The molecule has 2 heterocycles. The molecule has 130 valence electrons. The summed E-state index contributed by atoms with van der Waals surface area (Å²) in [6.45, 7) is 0. The zero-order chi connectivity index (χ0) is 17.9. The monoisotopic (exact) mass is 383 g/mol. The molecular weight excluding hydrogens is 371 g/mol. The summed E-state index contributed by atoms with van der Waals surface area (Å²) in [5, 5.41) is 2.71. The predicted molar refractivity (Wildman–Crippen MR) is 90.8 cm³/mol. The Labute approximate surface area is 149 Å². The molecule has 0 saturated heterocycles. The van der Waals surface area contributed by atoms with Crippen LogP contribution >= 0.6 is 23.1 Å². The number of hydrogen-bond donors (Lipinski definition) is 1. The van der Waals surface area contributed by atoms with Crippen LogP contribution in [-0.2, 0) is 18.3 Å².